The minimum absolute atomic E-state index is 0.0714. The molecule has 0 spiro atoms. The predicted octanol–water partition coefficient (Wildman–Crippen LogP) is 4.23. The van der Waals surface area contributed by atoms with E-state index in [0.717, 1.165) is 33.2 Å². The molecule has 0 bridgehead atoms. The molecule has 0 saturated carbocycles. The molecule has 0 aliphatic heterocycles. The summed E-state index contributed by atoms with van der Waals surface area (Å²) < 4.78 is 11.6. The van der Waals surface area contributed by atoms with E-state index in [1.165, 1.54) is 0 Å². The van der Waals surface area contributed by atoms with Crippen LogP contribution in [0, 0.1) is 13.8 Å². The van der Waals surface area contributed by atoms with Crippen LogP contribution in [-0.2, 0) is 22.4 Å². The standard InChI is InChI=1S/C31H27NO6/c1-18-22(13-14-28(33)32-25(30(34)35)15-20-9-5-3-6-10-20)31(36)38-26-17-27-24(16-23(18)26)29(19(2)37-27)21-11-7-4-8-12-21/h3-12,16-17,25H,13-15H2,1-2H3,(H,32,33)(H,34,35)/p-1/t25-/m0/s1. The van der Waals surface area contributed by atoms with Crippen molar-refractivity contribution in [2.24, 2.45) is 0 Å². The molecule has 5 aromatic rings. The fourth-order valence-corrected chi connectivity index (χ4v) is 4.90. The molecule has 1 atom stereocenters. The van der Waals surface area contributed by atoms with Crippen molar-refractivity contribution >= 4 is 33.8 Å². The van der Waals surface area contributed by atoms with E-state index < -0.39 is 23.5 Å². The van der Waals surface area contributed by atoms with E-state index in [1.807, 2.05) is 56.3 Å². The average molecular weight is 509 g/mol. The Labute approximate surface area is 218 Å². The smallest absolute Gasteiger partial charge is 0.339 e. The Hall–Kier alpha value is -4.65. The fourth-order valence-electron chi connectivity index (χ4n) is 4.90. The van der Waals surface area contributed by atoms with Gasteiger partial charge in [0.15, 0.2) is 0 Å². The molecule has 1 N–H and O–H groups in total. The molecule has 0 saturated heterocycles. The first-order chi connectivity index (χ1) is 18.3. The van der Waals surface area contributed by atoms with Gasteiger partial charge in [0.25, 0.3) is 0 Å². The molecule has 5 rings (SSSR count). The molecule has 192 valence electrons. The maximum atomic E-state index is 12.8. The number of benzene rings is 3. The van der Waals surface area contributed by atoms with Gasteiger partial charge in [-0.1, -0.05) is 60.7 Å². The van der Waals surface area contributed by atoms with Gasteiger partial charge in [-0.15, -0.1) is 0 Å². The second-order valence-electron chi connectivity index (χ2n) is 9.37. The van der Waals surface area contributed by atoms with Crippen molar-refractivity contribution in [2.75, 3.05) is 0 Å². The van der Waals surface area contributed by atoms with Crippen LogP contribution in [0.15, 0.2) is 86.4 Å². The van der Waals surface area contributed by atoms with Crippen LogP contribution in [0.25, 0.3) is 33.1 Å². The molecule has 7 heteroatoms. The number of amides is 1. The number of aryl methyl sites for hydroxylation is 2. The van der Waals surface area contributed by atoms with Crippen molar-refractivity contribution in [1.82, 2.24) is 5.32 Å². The molecular weight excluding hydrogens is 482 g/mol. The van der Waals surface area contributed by atoms with Crippen LogP contribution in [-0.4, -0.2) is 17.9 Å². The van der Waals surface area contributed by atoms with Gasteiger partial charge in [-0.2, -0.15) is 0 Å². The molecule has 0 fully saturated rings. The molecule has 0 aliphatic rings. The molecule has 0 radical (unpaired) electrons. The number of hydrogen-bond donors (Lipinski definition) is 1. The minimum atomic E-state index is -1.36. The van der Waals surface area contributed by atoms with Crippen molar-refractivity contribution in [3.8, 4) is 11.1 Å². The van der Waals surface area contributed by atoms with Gasteiger partial charge in [0.2, 0.25) is 5.91 Å². The quantitative estimate of drug-likeness (QED) is 0.314. The normalized spacial score (nSPS) is 12.1. The van der Waals surface area contributed by atoms with Gasteiger partial charge >= 0.3 is 5.63 Å². The lowest BCUT2D eigenvalue weighted by molar-refractivity contribution is -0.308. The first-order valence-electron chi connectivity index (χ1n) is 12.4. The van der Waals surface area contributed by atoms with Crippen LogP contribution in [0.3, 0.4) is 0 Å². The molecule has 1 amide bonds. The molecule has 0 aliphatic carbocycles. The van der Waals surface area contributed by atoms with E-state index in [0.29, 0.717) is 22.3 Å². The number of furan rings is 1. The number of hydrogen-bond acceptors (Lipinski definition) is 6. The van der Waals surface area contributed by atoms with Crippen molar-refractivity contribution in [2.45, 2.75) is 39.2 Å². The molecule has 2 aromatic heterocycles. The summed E-state index contributed by atoms with van der Waals surface area (Å²) in [4.78, 5) is 37.1. The van der Waals surface area contributed by atoms with E-state index >= 15 is 0 Å². The van der Waals surface area contributed by atoms with E-state index in [-0.39, 0.29) is 19.3 Å². The lowest BCUT2D eigenvalue weighted by Gasteiger charge is -2.20. The van der Waals surface area contributed by atoms with Crippen molar-refractivity contribution in [3.63, 3.8) is 0 Å². The summed E-state index contributed by atoms with van der Waals surface area (Å²) in [5.41, 5.74) is 4.34. The van der Waals surface area contributed by atoms with Gasteiger partial charge in [0.1, 0.15) is 16.9 Å². The van der Waals surface area contributed by atoms with Gasteiger partial charge in [0.05, 0.1) is 12.0 Å². The lowest BCUT2D eigenvalue weighted by atomic mass is 9.98. The summed E-state index contributed by atoms with van der Waals surface area (Å²) in [6.07, 6.45) is 0.142. The first-order valence-corrected chi connectivity index (χ1v) is 12.4. The fraction of sp³-hybridized carbons (Fsp3) is 0.194. The zero-order chi connectivity index (χ0) is 26.8. The average Bonchev–Trinajstić information content (AvgIpc) is 3.22. The maximum Gasteiger partial charge on any atom is 0.339 e. The third-order valence-electron chi connectivity index (χ3n) is 6.84. The highest BCUT2D eigenvalue weighted by atomic mass is 16.4. The van der Waals surface area contributed by atoms with Crippen LogP contribution >= 0.6 is 0 Å². The number of carbonyl (C=O) groups excluding carboxylic acids is 2. The molecule has 2 heterocycles. The third kappa shape index (κ3) is 4.95. The van der Waals surface area contributed by atoms with Crippen LogP contribution in [0.4, 0.5) is 0 Å². The monoisotopic (exact) mass is 508 g/mol. The summed E-state index contributed by atoms with van der Waals surface area (Å²) in [6, 6.07) is 21.4. The number of aliphatic carboxylic acids is 1. The third-order valence-corrected chi connectivity index (χ3v) is 6.84. The Balaban J connectivity index is 1.41. The van der Waals surface area contributed by atoms with Crippen molar-refractivity contribution in [3.05, 3.63) is 106 Å². The number of nitrogens with one attached hydrogen (secondary N) is 1. The molecule has 38 heavy (non-hydrogen) atoms. The SMILES string of the molecule is Cc1oc2cc3oc(=O)c(CCC(=O)N[C@@H](Cc4ccccc4)C(=O)[O-])c(C)c3cc2c1-c1ccccc1. The Morgan fingerprint density at radius 1 is 0.895 bits per heavy atom. The van der Waals surface area contributed by atoms with Crippen molar-refractivity contribution < 1.29 is 23.5 Å². The molecule has 0 unspecified atom stereocenters. The predicted molar refractivity (Wildman–Crippen MR) is 143 cm³/mol. The Morgan fingerprint density at radius 3 is 2.24 bits per heavy atom. The van der Waals surface area contributed by atoms with Gasteiger partial charge < -0.3 is 24.1 Å². The summed E-state index contributed by atoms with van der Waals surface area (Å²) in [5, 5.41) is 15.8. The number of carboxylic acid groups (broad SMARTS) is 1. The lowest BCUT2D eigenvalue weighted by Crippen LogP contribution is -2.49. The van der Waals surface area contributed by atoms with Gasteiger partial charge in [-0.25, -0.2) is 4.79 Å². The first kappa shape index (κ1) is 25.0. The number of rotatable bonds is 8. The Morgan fingerprint density at radius 2 is 1.55 bits per heavy atom. The molecular formula is C31H26NO6-. The number of fused-ring (bicyclic) bond motifs is 2. The zero-order valence-corrected chi connectivity index (χ0v) is 21.1. The largest absolute Gasteiger partial charge is 0.548 e. The minimum Gasteiger partial charge on any atom is -0.548 e. The van der Waals surface area contributed by atoms with E-state index in [2.05, 4.69) is 5.32 Å². The van der Waals surface area contributed by atoms with Crippen LogP contribution in [0.5, 0.6) is 0 Å². The Bertz CT molecular complexity index is 1700. The van der Waals surface area contributed by atoms with Gasteiger partial charge in [-0.05, 0) is 49.4 Å². The highest BCUT2D eigenvalue weighted by Crippen LogP contribution is 2.37. The van der Waals surface area contributed by atoms with Crippen molar-refractivity contribution in [1.29, 1.82) is 0 Å². The van der Waals surface area contributed by atoms with E-state index in [9.17, 15) is 19.5 Å². The summed E-state index contributed by atoms with van der Waals surface area (Å²) in [5.74, 6) is -1.09. The highest BCUT2D eigenvalue weighted by molar-refractivity contribution is 6.03. The summed E-state index contributed by atoms with van der Waals surface area (Å²) in [7, 11) is 0. The van der Waals surface area contributed by atoms with Crippen LogP contribution in [0.2, 0.25) is 0 Å². The maximum absolute atomic E-state index is 12.8. The van der Waals surface area contributed by atoms with Crippen LogP contribution < -0.4 is 16.0 Å². The number of carboxylic acids is 1. The summed E-state index contributed by atoms with van der Waals surface area (Å²) in [6.45, 7) is 3.73. The van der Waals surface area contributed by atoms with Crippen LogP contribution in [0.1, 0.15) is 28.9 Å². The van der Waals surface area contributed by atoms with Gasteiger partial charge in [-0.3, -0.25) is 4.79 Å². The zero-order valence-electron chi connectivity index (χ0n) is 21.1. The second-order valence-corrected chi connectivity index (χ2v) is 9.37. The molecule has 3 aromatic carbocycles. The number of carbonyl (C=O) groups is 2. The highest BCUT2D eigenvalue weighted by Gasteiger charge is 2.19. The van der Waals surface area contributed by atoms with Gasteiger partial charge in [0, 0.05) is 34.4 Å². The molecule has 7 nitrogen and oxygen atoms in total. The summed E-state index contributed by atoms with van der Waals surface area (Å²) >= 11 is 0. The Kier molecular flexibility index (Phi) is 6.83. The van der Waals surface area contributed by atoms with E-state index in [4.69, 9.17) is 8.83 Å². The van der Waals surface area contributed by atoms with E-state index in [1.54, 1.807) is 30.3 Å². The topological polar surface area (TPSA) is 113 Å². The second kappa shape index (κ2) is 10.4.